The summed E-state index contributed by atoms with van der Waals surface area (Å²) in [6.07, 6.45) is 1.24. The summed E-state index contributed by atoms with van der Waals surface area (Å²) in [6, 6.07) is 2.76. The molecule has 0 bridgehead atoms. The quantitative estimate of drug-likeness (QED) is 0.914. The lowest BCUT2D eigenvalue weighted by molar-refractivity contribution is 0.130. The molecule has 1 unspecified atom stereocenters. The molecule has 1 saturated heterocycles. The largest absolute Gasteiger partial charge is 0.314 e. The van der Waals surface area contributed by atoms with E-state index in [0.717, 1.165) is 13.1 Å². The average molecular weight is 317 g/mol. The molecule has 4 heteroatoms. The molecule has 0 radical (unpaired) electrons. The van der Waals surface area contributed by atoms with Crippen LogP contribution in [0.5, 0.6) is 0 Å². The Morgan fingerprint density at radius 2 is 2.18 bits per heavy atom. The molecule has 17 heavy (non-hydrogen) atoms. The fourth-order valence-electron chi connectivity index (χ4n) is 2.48. The van der Waals surface area contributed by atoms with Crippen LogP contribution < -0.4 is 5.32 Å². The van der Waals surface area contributed by atoms with Crippen molar-refractivity contribution >= 4 is 27.3 Å². The van der Waals surface area contributed by atoms with Crippen molar-refractivity contribution in [1.82, 2.24) is 10.2 Å². The highest BCUT2D eigenvalue weighted by atomic mass is 79.9. The van der Waals surface area contributed by atoms with E-state index in [0.29, 0.717) is 12.0 Å². The minimum atomic E-state index is 0.580. The van der Waals surface area contributed by atoms with Crippen molar-refractivity contribution < 1.29 is 0 Å². The monoisotopic (exact) mass is 316 g/mol. The summed E-state index contributed by atoms with van der Waals surface area (Å²) in [5.74, 6) is 0.711. The first-order valence-electron chi connectivity index (χ1n) is 6.41. The summed E-state index contributed by atoms with van der Waals surface area (Å²) in [6.45, 7) is 9.24. The number of nitrogens with zero attached hydrogens (tertiary/aromatic N) is 1. The first kappa shape index (κ1) is 13.5. The van der Waals surface area contributed by atoms with Gasteiger partial charge >= 0.3 is 0 Å². The predicted molar refractivity (Wildman–Crippen MR) is 78.7 cm³/mol. The molecular weight excluding hydrogens is 296 g/mol. The van der Waals surface area contributed by atoms with E-state index in [2.05, 4.69) is 51.4 Å². The number of nitrogens with one attached hydrogen (secondary N) is 1. The fraction of sp³-hybridized carbons (Fsp3) is 0.692. The van der Waals surface area contributed by atoms with Crippen molar-refractivity contribution in [2.75, 3.05) is 26.2 Å². The zero-order chi connectivity index (χ0) is 12.3. The number of halogens is 1. The number of hydrogen-bond acceptors (Lipinski definition) is 3. The summed E-state index contributed by atoms with van der Waals surface area (Å²) in [5.41, 5.74) is 0. The molecule has 0 amide bonds. The number of thiophene rings is 1. The van der Waals surface area contributed by atoms with Crippen LogP contribution in [0.2, 0.25) is 0 Å². The first-order chi connectivity index (χ1) is 8.24. The highest BCUT2D eigenvalue weighted by Crippen LogP contribution is 2.38. The molecule has 2 rings (SSSR count). The van der Waals surface area contributed by atoms with Crippen LogP contribution in [0.25, 0.3) is 0 Å². The normalized spacial score (nSPS) is 21.4. The van der Waals surface area contributed by atoms with E-state index >= 15 is 0 Å². The maximum Gasteiger partial charge on any atom is 0.0479 e. The Bertz CT molecular complexity index is 347. The van der Waals surface area contributed by atoms with Gasteiger partial charge in [0.1, 0.15) is 0 Å². The van der Waals surface area contributed by atoms with E-state index in [4.69, 9.17) is 0 Å². The minimum Gasteiger partial charge on any atom is -0.314 e. The van der Waals surface area contributed by atoms with Gasteiger partial charge in [-0.1, -0.05) is 20.3 Å². The van der Waals surface area contributed by atoms with E-state index in [-0.39, 0.29) is 0 Å². The van der Waals surface area contributed by atoms with Gasteiger partial charge in [0.2, 0.25) is 0 Å². The zero-order valence-electron chi connectivity index (χ0n) is 10.6. The van der Waals surface area contributed by atoms with Crippen LogP contribution in [0.1, 0.15) is 31.2 Å². The van der Waals surface area contributed by atoms with Crippen molar-refractivity contribution in [3.8, 4) is 0 Å². The van der Waals surface area contributed by atoms with Crippen LogP contribution in [0.3, 0.4) is 0 Å². The molecule has 96 valence electrons. The molecule has 0 saturated carbocycles. The molecular formula is C13H21BrN2S. The van der Waals surface area contributed by atoms with Crippen molar-refractivity contribution in [1.29, 1.82) is 0 Å². The number of piperazine rings is 1. The summed E-state index contributed by atoms with van der Waals surface area (Å²) in [5, 5.41) is 5.63. The minimum absolute atomic E-state index is 0.580. The Labute approximate surface area is 117 Å². The topological polar surface area (TPSA) is 15.3 Å². The lowest BCUT2D eigenvalue weighted by atomic mass is 9.95. The molecule has 2 heterocycles. The van der Waals surface area contributed by atoms with Gasteiger partial charge in [-0.2, -0.15) is 0 Å². The van der Waals surface area contributed by atoms with Gasteiger partial charge in [0.05, 0.1) is 0 Å². The molecule has 1 N–H and O–H groups in total. The van der Waals surface area contributed by atoms with Crippen LogP contribution in [0, 0.1) is 5.92 Å². The molecule has 0 aromatic carbocycles. The van der Waals surface area contributed by atoms with Crippen LogP contribution in [0.4, 0.5) is 0 Å². The maximum atomic E-state index is 3.70. The Morgan fingerprint density at radius 3 is 2.71 bits per heavy atom. The Balaban J connectivity index is 2.21. The van der Waals surface area contributed by atoms with Crippen molar-refractivity contribution in [2.45, 2.75) is 26.3 Å². The highest BCUT2D eigenvalue weighted by Gasteiger charge is 2.28. The van der Waals surface area contributed by atoms with Gasteiger partial charge in [0.15, 0.2) is 0 Å². The van der Waals surface area contributed by atoms with Crippen LogP contribution in [0.15, 0.2) is 15.9 Å². The number of rotatable bonds is 4. The summed E-state index contributed by atoms with van der Waals surface area (Å²) < 4.78 is 1.28. The molecule has 2 nitrogen and oxygen atoms in total. The molecule has 0 spiro atoms. The van der Waals surface area contributed by atoms with Crippen LogP contribution in [-0.2, 0) is 0 Å². The third-order valence-corrected chi connectivity index (χ3v) is 5.58. The maximum absolute atomic E-state index is 3.70. The van der Waals surface area contributed by atoms with E-state index in [1.54, 1.807) is 0 Å². The second-order valence-electron chi connectivity index (χ2n) is 4.75. The van der Waals surface area contributed by atoms with Crippen LogP contribution in [-0.4, -0.2) is 31.1 Å². The van der Waals surface area contributed by atoms with E-state index in [1.165, 1.54) is 28.9 Å². The Morgan fingerprint density at radius 1 is 1.47 bits per heavy atom. The van der Waals surface area contributed by atoms with E-state index < -0.39 is 0 Å². The molecule has 2 atom stereocenters. The van der Waals surface area contributed by atoms with Crippen LogP contribution >= 0.6 is 27.3 Å². The van der Waals surface area contributed by atoms with E-state index in [9.17, 15) is 0 Å². The standard InChI is InChI=1S/C13H21BrN2S/c1-3-10(2)12(13-11(14)4-9-17-13)16-7-5-15-6-8-16/h4,9-10,12,15H,3,5-8H2,1-2H3/t10?,12-/m0/s1. The SMILES string of the molecule is CCC(C)[C@@H](c1sccc1Br)N1CCNCC1. The van der Waals surface area contributed by atoms with Gasteiger partial charge in [-0.3, -0.25) is 4.90 Å². The van der Waals surface area contributed by atoms with Crippen molar-refractivity contribution in [2.24, 2.45) is 5.92 Å². The van der Waals surface area contributed by atoms with Gasteiger partial charge in [-0.15, -0.1) is 11.3 Å². The summed E-state index contributed by atoms with van der Waals surface area (Å²) in [4.78, 5) is 4.14. The molecule has 1 aromatic rings. The lowest BCUT2D eigenvalue weighted by Gasteiger charge is -2.37. The van der Waals surface area contributed by atoms with Crippen molar-refractivity contribution in [3.05, 3.63) is 20.8 Å². The molecule has 0 aliphatic carbocycles. The lowest BCUT2D eigenvalue weighted by Crippen LogP contribution is -2.46. The third-order valence-electron chi connectivity index (χ3n) is 3.64. The van der Waals surface area contributed by atoms with Gasteiger partial charge < -0.3 is 5.32 Å². The molecule has 1 fully saturated rings. The Kier molecular flexibility index (Phi) is 5.03. The van der Waals surface area contributed by atoms with Gasteiger partial charge in [-0.25, -0.2) is 0 Å². The summed E-state index contributed by atoms with van der Waals surface area (Å²) in [7, 11) is 0. The van der Waals surface area contributed by atoms with E-state index in [1.807, 2.05) is 11.3 Å². The Hall–Kier alpha value is 0.1000. The summed E-state index contributed by atoms with van der Waals surface area (Å²) >= 11 is 5.59. The molecule has 1 aromatic heterocycles. The molecule has 1 aliphatic rings. The third kappa shape index (κ3) is 3.11. The molecule has 1 aliphatic heterocycles. The van der Waals surface area contributed by atoms with Gasteiger partial charge in [0.25, 0.3) is 0 Å². The van der Waals surface area contributed by atoms with Gasteiger partial charge in [-0.05, 0) is 33.3 Å². The second kappa shape index (κ2) is 6.32. The predicted octanol–water partition coefficient (Wildman–Crippen LogP) is 3.50. The smallest absolute Gasteiger partial charge is 0.0479 e. The zero-order valence-corrected chi connectivity index (χ0v) is 13.0. The van der Waals surface area contributed by atoms with Crippen molar-refractivity contribution in [3.63, 3.8) is 0 Å². The second-order valence-corrected chi connectivity index (χ2v) is 6.55. The highest BCUT2D eigenvalue weighted by molar-refractivity contribution is 9.10. The average Bonchev–Trinajstić information content (AvgIpc) is 2.77. The van der Waals surface area contributed by atoms with Gasteiger partial charge in [0, 0.05) is 41.6 Å². The first-order valence-corrected chi connectivity index (χ1v) is 8.09. The fourth-order valence-corrected chi connectivity index (χ4v) is 4.36. The number of hydrogen-bond donors (Lipinski definition) is 1.